The minimum absolute atomic E-state index is 0.0571. The Hall–Kier alpha value is -3.04. The van der Waals surface area contributed by atoms with Crippen LogP contribution in [0.5, 0.6) is 11.5 Å². The third-order valence-corrected chi connectivity index (χ3v) is 5.02. The Labute approximate surface area is 169 Å². The molecule has 9 heteroatoms. The van der Waals surface area contributed by atoms with E-state index in [1.54, 1.807) is 5.38 Å². The molecule has 0 unspecified atom stereocenters. The molecule has 1 amide bonds. The number of fused-ring (bicyclic) bond motifs is 1. The van der Waals surface area contributed by atoms with Gasteiger partial charge in [0.2, 0.25) is 12.7 Å². The van der Waals surface area contributed by atoms with E-state index in [1.165, 1.54) is 0 Å². The summed E-state index contributed by atoms with van der Waals surface area (Å²) in [5.74, 6) is 0.0284. The first-order valence-electron chi connectivity index (χ1n) is 8.76. The molecule has 0 atom stereocenters. The molecule has 0 saturated carbocycles. The summed E-state index contributed by atoms with van der Waals surface area (Å²) in [5, 5.41) is 4.59. The smallest absolute Gasteiger partial charge is 0.240 e. The van der Waals surface area contributed by atoms with Gasteiger partial charge in [0.15, 0.2) is 16.6 Å². The van der Waals surface area contributed by atoms with E-state index in [1.807, 2.05) is 30.1 Å². The van der Waals surface area contributed by atoms with Gasteiger partial charge in [-0.3, -0.25) is 9.69 Å². The van der Waals surface area contributed by atoms with Gasteiger partial charge < -0.3 is 14.8 Å². The quantitative estimate of drug-likeness (QED) is 0.659. The average molecular weight is 417 g/mol. The summed E-state index contributed by atoms with van der Waals surface area (Å²) in [6, 6.07) is 8.82. The van der Waals surface area contributed by atoms with E-state index >= 15 is 0 Å². The Bertz CT molecular complexity index is 1060. The highest BCUT2D eigenvalue weighted by Gasteiger charge is 2.16. The minimum atomic E-state index is -0.571. The lowest BCUT2D eigenvalue weighted by molar-refractivity contribution is -0.117. The van der Waals surface area contributed by atoms with Gasteiger partial charge in [-0.15, -0.1) is 11.3 Å². The predicted octanol–water partition coefficient (Wildman–Crippen LogP) is 3.89. The number of hydrogen-bond acceptors (Lipinski definition) is 6. The van der Waals surface area contributed by atoms with Crippen molar-refractivity contribution in [3.8, 4) is 22.8 Å². The Morgan fingerprint density at radius 1 is 1.21 bits per heavy atom. The molecule has 6 nitrogen and oxygen atoms in total. The van der Waals surface area contributed by atoms with Gasteiger partial charge >= 0.3 is 0 Å². The number of amides is 1. The second-order valence-corrected chi connectivity index (χ2v) is 7.43. The highest BCUT2D eigenvalue weighted by molar-refractivity contribution is 7.14. The number of nitrogens with zero attached hydrogens (tertiary/aromatic N) is 2. The minimum Gasteiger partial charge on any atom is -0.454 e. The standard InChI is InChI=1S/C20H17F2N3O3S/c1-25(8-12-2-5-17-18(6-12)28-11-27-17)9-19(26)24-20-23-16(10-29-20)14-7-13(21)3-4-15(14)22/h2-7,10H,8-9,11H2,1H3,(H,23,24,26). The van der Waals surface area contributed by atoms with Crippen LogP contribution in [-0.2, 0) is 11.3 Å². The van der Waals surface area contributed by atoms with Crippen LogP contribution in [0.3, 0.4) is 0 Å². The van der Waals surface area contributed by atoms with Crippen molar-refractivity contribution in [2.24, 2.45) is 0 Å². The molecule has 1 N–H and O–H groups in total. The van der Waals surface area contributed by atoms with Gasteiger partial charge in [0.25, 0.3) is 0 Å². The van der Waals surface area contributed by atoms with Crippen molar-refractivity contribution < 1.29 is 23.0 Å². The van der Waals surface area contributed by atoms with Gasteiger partial charge in [-0.2, -0.15) is 0 Å². The molecular weight excluding hydrogens is 400 g/mol. The Morgan fingerprint density at radius 3 is 2.90 bits per heavy atom. The van der Waals surface area contributed by atoms with E-state index < -0.39 is 11.6 Å². The number of rotatable bonds is 6. The van der Waals surface area contributed by atoms with Crippen molar-refractivity contribution in [3.63, 3.8) is 0 Å². The van der Waals surface area contributed by atoms with Crippen molar-refractivity contribution in [1.82, 2.24) is 9.88 Å². The van der Waals surface area contributed by atoms with E-state index in [9.17, 15) is 13.6 Å². The highest BCUT2D eigenvalue weighted by Crippen LogP contribution is 2.32. The van der Waals surface area contributed by atoms with Gasteiger partial charge in [-0.1, -0.05) is 6.07 Å². The van der Waals surface area contributed by atoms with Crippen molar-refractivity contribution in [2.75, 3.05) is 25.7 Å². The summed E-state index contributed by atoms with van der Waals surface area (Å²) in [4.78, 5) is 18.3. The number of ether oxygens (including phenoxy) is 2. The zero-order valence-corrected chi connectivity index (χ0v) is 16.3. The molecule has 1 aliphatic rings. The fourth-order valence-corrected chi connectivity index (χ4v) is 3.69. The molecule has 2 aromatic carbocycles. The van der Waals surface area contributed by atoms with Crippen LogP contribution < -0.4 is 14.8 Å². The van der Waals surface area contributed by atoms with Crippen LogP contribution in [-0.4, -0.2) is 36.2 Å². The van der Waals surface area contributed by atoms with Crippen molar-refractivity contribution >= 4 is 22.4 Å². The molecule has 0 aliphatic carbocycles. The lowest BCUT2D eigenvalue weighted by Crippen LogP contribution is -2.29. The summed E-state index contributed by atoms with van der Waals surface area (Å²) in [5.41, 5.74) is 1.32. The highest BCUT2D eigenvalue weighted by atomic mass is 32.1. The number of thiazole rings is 1. The second-order valence-electron chi connectivity index (χ2n) is 6.57. The summed E-state index contributed by atoms with van der Waals surface area (Å²) in [7, 11) is 1.82. The number of likely N-dealkylation sites (N-methyl/N-ethyl adjacent to an activating group) is 1. The predicted molar refractivity (Wildman–Crippen MR) is 105 cm³/mol. The molecule has 29 heavy (non-hydrogen) atoms. The molecule has 0 saturated heterocycles. The Kier molecular flexibility index (Phi) is 5.41. The number of hydrogen-bond donors (Lipinski definition) is 1. The number of anilines is 1. The van der Waals surface area contributed by atoms with Crippen LogP contribution in [0, 0.1) is 11.6 Å². The van der Waals surface area contributed by atoms with Gasteiger partial charge in [0.05, 0.1) is 12.2 Å². The third-order valence-electron chi connectivity index (χ3n) is 4.26. The fourth-order valence-electron chi connectivity index (χ4n) is 2.96. The van der Waals surface area contributed by atoms with E-state index in [4.69, 9.17) is 9.47 Å². The first kappa shape index (κ1) is 19.3. The van der Waals surface area contributed by atoms with Crippen LogP contribution in [0.4, 0.5) is 13.9 Å². The number of halogens is 2. The topological polar surface area (TPSA) is 63.7 Å². The number of carbonyl (C=O) groups excluding carboxylic acids is 1. The molecule has 0 fully saturated rings. The van der Waals surface area contributed by atoms with E-state index in [2.05, 4.69) is 10.3 Å². The van der Waals surface area contributed by atoms with Crippen LogP contribution in [0.25, 0.3) is 11.3 Å². The summed E-state index contributed by atoms with van der Waals surface area (Å²) >= 11 is 1.15. The summed E-state index contributed by atoms with van der Waals surface area (Å²) < 4.78 is 37.9. The van der Waals surface area contributed by atoms with Crippen LogP contribution in [0.1, 0.15) is 5.56 Å². The Balaban J connectivity index is 1.35. The molecule has 0 spiro atoms. The van der Waals surface area contributed by atoms with Crippen LogP contribution in [0.15, 0.2) is 41.8 Å². The number of benzene rings is 2. The van der Waals surface area contributed by atoms with Gasteiger partial charge in [0, 0.05) is 17.5 Å². The van der Waals surface area contributed by atoms with Crippen molar-refractivity contribution in [2.45, 2.75) is 6.54 Å². The molecule has 4 rings (SSSR count). The van der Waals surface area contributed by atoms with Crippen molar-refractivity contribution in [1.29, 1.82) is 0 Å². The zero-order valence-electron chi connectivity index (χ0n) is 15.4. The maximum Gasteiger partial charge on any atom is 0.240 e. The fraction of sp³-hybridized carbons (Fsp3) is 0.200. The molecular formula is C20H17F2N3O3S. The largest absolute Gasteiger partial charge is 0.454 e. The zero-order chi connectivity index (χ0) is 20.4. The molecule has 3 aromatic rings. The van der Waals surface area contributed by atoms with Crippen molar-refractivity contribution in [3.05, 3.63) is 59.0 Å². The maximum atomic E-state index is 13.9. The van der Waals surface area contributed by atoms with Gasteiger partial charge in [0.1, 0.15) is 11.6 Å². The summed E-state index contributed by atoms with van der Waals surface area (Å²) in [6.07, 6.45) is 0. The monoisotopic (exact) mass is 417 g/mol. The molecule has 1 aliphatic heterocycles. The SMILES string of the molecule is CN(CC(=O)Nc1nc(-c2cc(F)ccc2F)cs1)Cc1ccc2c(c1)OCO2. The number of nitrogens with one attached hydrogen (secondary N) is 1. The number of carbonyl (C=O) groups is 1. The first-order valence-corrected chi connectivity index (χ1v) is 9.64. The normalized spacial score (nSPS) is 12.4. The Morgan fingerprint density at radius 2 is 2.03 bits per heavy atom. The van der Waals surface area contributed by atoms with Gasteiger partial charge in [-0.05, 0) is 42.9 Å². The lowest BCUT2D eigenvalue weighted by atomic mass is 10.1. The second kappa shape index (κ2) is 8.14. The first-order chi connectivity index (χ1) is 14.0. The molecule has 2 heterocycles. The average Bonchev–Trinajstić information content (AvgIpc) is 3.32. The number of aromatic nitrogens is 1. The maximum absolute atomic E-state index is 13.9. The van der Waals surface area contributed by atoms with E-state index in [-0.39, 0.29) is 30.5 Å². The third kappa shape index (κ3) is 4.52. The lowest BCUT2D eigenvalue weighted by Gasteiger charge is -2.16. The van der Waals surface area contributed by atoms with E-state index in [0.29, 0.717) is 23.2 Å². The van der Waals surface area contributed by atoms with E-state index in [0.717, 1.165) is 35.1 Å². The van der Waals surface area contributed by atoms with Gasteiger partial charge in [-0.25, -0.2) is 13.8 Å². The molecule has 150 valence electrons. The summed E-state index contributed by atoms with van der Waals surface area (Å²) in [6.45, 7) is 0.895. The molecule has 0 radical (unpaired) electrons. The molecule has 1 aromatic heterocycles. The van der Waals surface area contributed by atoms with Crippen LogP contribution in [0.2, 0.25) is 0 Å². The van der Waals surface area contributed by atoms with Crippen LogP contribution >= 0.6 is 11.3 Å². The molecule has 0 bridgehead atoms.